The highest BCUT2D eigenvalue weighted by atomic mass is 32.2. The van der Waals surface area contributed by atoms with E-state index >= 15 is 0 Å². The summed E-state index contributed by atoms with van der Waals surface area (Å²) in [5.41, 5.74) is 7.88. The molecule has 0 saturated heterocycles. The minimum atomic E-state index is -0.476. The largest absolute Gasteiger partial charge is 0.462 e. The quantitative estimate of drug-likeness (QED) is 0.547. The maximum absolute atomic E-state index is 12.1. The maximum Gasteiger partial charge on any atom is 0.342 e. The Morgan fingerprint density at radius 2 is 2.04 bits per heavy atom. The van der Waals surface area contributed by atoms with Gasteiger partial charge in [0.25, 0.3) is 0 Å². The number of hydrogen-bond donors (Lipinski definition) is 1. The molecule has 130 valence electrons. The van der Waals surface area contributed by atoms with Gasteiger partial charge in [0.2, 0.25) is 5.71 Å². The third kappa shape index (κ3) is 3.46. The summed E-state index contributed by atoms with van der Waals surface area (Å²) in [5, 5.41) is 0.417. The standard InChI is InChI=1S/C18H19N3O3S/c1-4-23-18(22)14-11(3)24-17-15(14)16(19)20-13(21-17)9-25-12-8-6-5-7-10(12)2/h5-8H,4,9H2,1-3H3,(H2,19,20,21). The molecule has 0 spiro atoms. The second kappa shape index (κ2) is 7.14. The molecule has 0 aliphatic heterocycles. The highest BCUT2D eigenvalue weighted by Gasteiger charge is 2.23. The van der Waals surface area contributed by atoms with Crippen molar-refractivity contribution in [2.75, 3.05) is 12.3 Å². The second-order valence-corrected chi connectivity index (χ2v) is 6.53. The number of ether oxygens (including phenoxy) is 1. The van der Waals surface area contributed by atoms with Crippen LogP contribution in [0.3, 0.4) is 0 Å². The number of nitrogens with two attached hydrogens (primary N) is 1. The van der Waals surface area contributed by atoms with Crippen LogP contribution >= 0.6 is 11.8 Å². The van der Waals surface area contributed by atoms with Crippen molar-refractivity contribution in [3.63, 3.8) is 0 Å². The van der Waals surface area contributed by atoms with E-state index in [1.807, 2.05) is 12.1 Å². The maximum atomic E-state index is 12.1. The molecule has 0 atom stereocenters. The van der Waals surface area contributed by atoms with Crippen LogP contribution in [0.2, 0.25) is 0 Å². The van der Waals surface area contributed by atoms with Crippen LogP contribution in [-0.2, 0) is 10.5 Å². The van der Waals surface area contributed by atoms with E-state index in [1.165, 1.54) is 5.56 Å². The Hall–Kier alpha value is -2.54. The molecular weight excluding hydrogens is 338 g/mol. The first-order chi connectivity index (χ1) is 12.0. The molecule has 0 unspecified atom stereocenters. The monoisotopic (exact) mass is 357 g/mol. The van der Waals surface area contributed by atoms with Gasteiger partial charge in [-0.2, -0.15) is 4.98 Å². The number of aryl methyl sites for hydroxylation is 2. The van der Waals surface area contributed by atoms with E-state index in [0.717, 1.165) is 4.90 Å². The number of thioether (sulfide) groups is 1. The Balaban J connectivity index is 1.92. The molecule has 3 rings (SSSR count). The molecule has 0 aliphatic rings. The summed E-state index contributed by atoms with van der Waals surface area (Å²) in [6.45, 7) is 5.77. The molecule has 7 heteroatoms. The van der Waals surface area contributed by atoms with E-state index in [2.05, 4.69) is 29.0 Å². The predicted octanol–water partition coefficient (Wildman–Crippen LogP) is 3.89. The number of nitrogen functional groups attached to an aromatic ring is 1. The van der Waals surface area contributed by atoms with Crippen LogP contribution in [0.1, 0.15) is 34.4 Å². The normalized spacial score (nSPS) is 11.0. The van der Waals surface area contributed by atoms with E-state index in [1.54, 1.807) is 25.6 Å². The van der Waals surface area contributed by atoms with Crippen molar-refractivity contribution in [3.8, 4) is 0 Å². The van der Waals surface area contributed by atoms with Gasteiger partial charge in [0, 0.05) is 4.90 Å². The molecule has 2 heterocycles. The zero-order valence-electron chi connectivity index (χ0n) is 14.3. The van der Waals surface area contributed by atoms with Crippen LogP contribution in [0.15, 0.2) is 33.6 Å². The number of anilines is 1. The van der Waals surface area contributed by atoms with E-state index in [-0.39, 0.29) is 12.4 Å². The molecule has 0 bridgehead atoms. The summed E-state index contributed by atoms with van der Waals surface area (Å²) >= 11 is 1.63. The lowest BCUT2D eigenvalue weighted by Gasteiger charge is -2.05. The highest BCUT2D eigenvalue weighted by Crippen LogP contribution is 2.31. The van der Waals surface area contributed by atoms with Crippen LogP contribution in [-0.4, -0.2) is 22.5 Å². The summed E-state index contributed by atoms with van der Waals surface area (Å²) in [6, 6.07) is 8.11. The van der Waals surface area contributed by atoms with Gasteiger partial charge in [-0.1, -0.05) is 18.2 Å². The molecule has 0 fully saturated rings. The smallest absolute Gasteiger partial charge is 0.342 e. The molecule has 1 aromatic carbocycles. The fourth-order valence-corrected chi connectivity index (χ4v) is 3.44. The molecule has 2 aromatic heterocycles. The van der Waals surface area contributed by atoms with Crippen LogP contribution in [0.25, 0.3) is 11.1 Å². The Kier molecular flexibility index (Phi) is 4.94. The number of aromatic nitrogens is 2. The van der Waals surface area contributed by atoms with E-state index in [0.29, 0.717) is 34.0 Å². The van der Waals surface area contributed by atoms with Gasteiger partial charge in [-0.3, -0.25) is 0 Å². The van der Waals surface area contributed by atoms with Gasteiger partial charge >= 0.3 is 5.97 Å². The van der Waals surface area contributed by atoms with Crippen molar-refractivity contribution in [2.45, 2.75) is 31.4 Å². The topological polar surface area (TPSA) is 91.2 Å². The summed E-state index contributed by atoms with van der Waals surface area (Å²) in [4.78, 5) is 22.0. The van der Waals surface area contributed by atoms with Crippen LogP contribution in [0.5, 0.6) is 0 Å². The molecule has 3 aromatic rings. The Bertz CT molecular complexity index is 937. The minimum absolute atomic E-state index is 0.227. The van der Waals surface area contributed by atoms with Gasteiger partial charge in [0.1, 0.15) is 23.0 Å². The molecule has 0 amide bonds. The van der Waals surface area contributed by atoms with Gasteiger partial charge in [0.15, 0.2) is 0 Å². The van der Waals surface area contributed by atoms with E-state index in [9.17, 15) is 4.79 Å². The minimum Gasteiger partial charge on any atom is -0.462 e. The highest BCUT2D eigenvalue weighted by molar-refractivity contribution is 7.98. The average Bonchev–Trinajstić information content (AvgIpc) is 2.91. The Morgan fingerprint density at radius 3 is 2.76 bits per heavy atom. The van der Waals surface area contributed by atoms with E-state index < -0.39 is 5.97 Å². The van der Waals surface area contributed by atoms with Crippen molar-refractivity contribution in [1.29, 1.82) is 0 Å². The number of carbonyl (C=O) groups is 1. The number of benzene rings is 1. The van der Waals surface area contributed by atoms with Gasteiger partial charge in [0.05, 0.1) is 17.7 Å². The van der Waals surface area contributed by atoms with Gasteiger partial charge < -0.3 is 14.9 Å². The molecule has 0 aliphatic carbocycles. The third-order valence-corrected chi connectivity index (χ3v) is 4.90. The molecule has 25 heavy (non-hydrogen) atoms. The van der Waals surface area contributed by atoms with Crippen molar-refractivity contribution in [2.24, 2.45) is 0 Å². The SMILES string of the molecule is CCOC(=O)c1c(C)oc2nc(CSc3ccccc3C)nc(N)c12. The summed E-state index contributed by atoms with van der Waals surface area (Å²) < 4.78 is 10.7. The molecule has 2 N–H and O–H groups in total. The first-order valence-electron chi connectivity index (χ1n) is 7.92. The van der Waals surface area contributed by atoms with Gasteiger partial charge in [-0.15, -0.1) is 11.8 Å². The molecule has 6 nitrogen and oxygen atoms in total. The molecule has 0 radical (unpaired) electrons. The van der Waals surface area contributed by atoms with Crippen molar-refractivity contribution in [3.05, 3.63) is 47.0 Å². The first kappa shape index (κ1) is 17.3. The third-order valence-electron chi connectivity index (χ3n) is 3.73. The van der Waals surface area contributed by atoms with Crippen LogP contribution < -0.4 is 5.73 Å². The lowest BCUT2D eigenvalue weighted by Crippen LogP contribution is -2.07. The van der Waals surface area contributed by atoms with Crippen LogP contribution in [0.4, 0.5) is 5.82 Å². The van der Waals surface area contributed by atoms with Crippen molar-refractivity contribution in [1.82, 2.24) is 9.97 Å². The molecule has 0 saturated carbocycles. The lowest BCUT2D eigenvalue weighted by atomic mass is 10.2. The fourth-order valence-electron chi connectivity index (χ4n) is 2.56. The summed E-state index contributed by atoms with van der Waals surface area (Å²) in [6.07, 6.45) is 0. The summed E-state index contributed by atoms with van der Waals surface area (Å²) in [7, 11) is 0. The van der Waals surface area contributed by atoms with E-state index in [4.69, 9.17) is 14.9 Å². The van der Waals surface area contributed by atoms with Crippen LogP contribution in [0, 0.1) is 13.8 Å². The Labute approximate surface area is 149 Å². The summed E-state index contributed by atoms with van der Waals surface area (Å²) in [5.74, 6) is 1.29. The number of rotatable bonds is 5. The fraction of sp³-hybridized carbons (Fsp3) is 0.278. The number of furan rings is 1. The predicted molar refractivity (Wildman–Crippen MR) is 97.6 cm³/mol. The number of nitrogens with zero attached hydrogens (tertiary/aromatic N) is 2. The average molecular weight is 357 g/mol. The zero-order chi connectivity index (χ0) is 18.0. The first-order valence-corrected chi connectivity index (χ1v) is 8.90. The number of fused-ring (bicyclic) bond motifs is 1. The van der Waals surface area contributed by atoms with Gasteiger partial charge in [-0.05, 0) is 32.4 Å². The zero-order valence-corrected chi connectivity index (χ0v) is 15.1. The van der Waals surface area contributed by atoms with Gasteiger partial charge in [-0.25, -0.2) is 9.78 Å². The molecular formula is C18H19N3O3S. The number of hydrogen-bond acceptors (Lipinski definition) is 7. The Morgan fingerprint density at radius 1 is 1.28 bits per heavy atom. The number of carbonyl (C=O) groups excluding carboxylic acids is 1. The van der Waals surface area contributed by atoms with Crippen molar-refractivity contribution >= 4 is 34.6 Å². The second-order valence-electron chi connectivity index (χ2n) is 5.51. The lowest BCUT2D eigenvalue weighted by molar-refractivity contribution is 0.0526. The van der Waals surface area contributed by atoms with Crippen molar-refractivity contribution < 1.29 is 13.9 Å². The number of esters is 1.